The van der Waals surface area contributed by atoms with E-state index in [1.807, 2.05) is 11.5 Å². The number of fused-ring (bicyclic) bond motifs is 3. The molecule has 3 heterocycles. The SMILES string of the molecule is CCc1nnc2n1CC1CCC(C2)N1S(=O)(=O)c1ccc(F)cc1F. The average molecular weight is 368 g/mol. The predicted molar refractivity (Wildman–Crippen MR) is 85.3 cm³/mol. The summed E-state index contributed by atoms with van der Waals surface area (Å²) in [5, 5.41) is 8.36. The Labute approximate surface area is 144 Å². The third-order valence-corrected chi connectivity index (χ3v) is 7.07. The first-order chi connectivity index (χ1) is 11.9. The van der Waals surface area contributed by atoms with Gasteiger partial charge in [0, 0.05) is 37.5 Å². The first-order valence-corrected chi connectivity index (χ1v) is 9.75. The van der Waals surface area contributed by atoms with Gasteiger partial charge in [-0.15, -0.1) is 10.2 Å². The number of hydrogen-bond acceptors (Lipinski definition) is 4. The van der Waals surface area contributed by atoms with Crippen LogP contribution in [0.3, 0.4) is 0 Å². The van der Waals surface area contributed by atoms with Crippen LogP contribution in [0.1, 0.15) is 31.4 Å². The molecule has 2 atom stereocenters. The van der Waals surface area contributed by atoms with Crippen LogP contribution in [0.2, 0.25) is 0 Å². The van der Waals surface area contributed by atoms with Crippen LogP contribution in [-0.4, -0.2) is 39.6 Å². The van der Waals surface area contributed by atoms with E-state index in [4.69, 9.17) is 0 Å². The summed E-state index contributed by atoms with van der Waals surface area (Å²) in [6.45, 7) is 2.44. The molecule has 1 aromatic carbocycles. The number of nitrogens with zero attached hydrogens (tertiary/aromatic N) is 4. The van der Waals surface area contributed by atoms with Gasteiger partial charge in [-0.3, -0.25) is 0 Å². The summed E-state index contributed by atoms with van der Waals surface area (Å²) in [6, 6.07) is 2.02. The lowest BCUT2D eigenvalue weighted by molar-refractivity contribution is 0.312. The molecule has 25 heavy (non-hydrogen) atoms. The number of halogens is 2. The Balaban J connectivity index is 1.75. The van der Waals surface area contributed by atoms with E-state index in [0.29, 0.717) is 38.3 Å². The maximum atomic E-state index is 14.1. The van der Waals surface area contributed by atoms with Gasteiger partial charge < -0.3 is 4.57 Å². The quantitative estimate of drug-likeness (QED) is 0.830. The Kier molecular flexibility index (Phi) is 3.88. The van der Waals surface area contributed by atoms with E-state index in [0.717, 1.165) is 23.8 Å². The van der Waals surface area contributed by atoms with E-state index in [2.05, 4.69) is 10.2 Å². The van der Waals surface area contributed by atoms with Crippen LogP contribution in [0.25, 0.3) is 0 Å². The minimum atomic E-state index is -4.05. The van der Waals surface area contributed by atoms with Crippen molar-refractivity contribution in [2.45, 2.75) is 56.1 Å². The van der Waals surface area contributed by atoms with Crippen molar-refractivity contribution in [3.8, 4) is 0 Å². The minimum Gasteiger partial charge on any atom is -0.313 e. The van der Waals surface area contributed by atoms with Gasteiger partial charge in [0.05, 0.1) is 0 Å². The highest BCUT2D eigenvalue weighted by molar-refractivity contribution is 7.89. The van der Waals surface area contributed by atoms with E-state index in [1.54, 1.807) is 0 Å². The summed E-state index contributed by atoms with van der Waals surface area (Å²) in [6.07, 6.45) is 2.56. The molecule has 134 valence electrons. The zero-order chi connectivity index (χ0) is 17.8. The normalized spacial score (nSPS) is 23.5. The molecular formula is C16H18F2N4O2S. The number of rotatable bonds is 3. The van der Waals surface area contributed by atoms with Crippen molar-refractivity contribution in [1.29, 1.82) is 0 Å². The first-order valence-electron chi connectivity index (χ1n) is 8.31. The van der Waals surface area contributed by atoms with Crippen molar-refractivity contribution in [1.82, 2.24) is 19.1 Å². The molecular weight excluding hydrogens is 350 g/mol. The number of benzene rings is 1. The lowest BCUT2D eigenvalue weighted by Crippen LogP contribution is -2.42. The highest BCUT2D eigenvalue weighted by Gasteiger charge is 2.46. The molecule has 0 amide bonds. The number of sulfonamides is 1. The largest absolute Gasteiger partial charge is 0.313 e. The molecule has 2 unspecified atom stereocenters. The topological polar surface area (TPSA) is 68.1 Å². The third kappa shape index (κ3) is 2.56. The molecule has 9 heteroatoms. The average Bonchev–Trinajstić information content (AvgIpc) is 3.06. The van der Waals surface area contributed by atoms with Crippen molar-refractivity contribution >= 4 is 10.0 Å². The first kappa shape index (κ1) is 16.6. The fourth-order valence-electron chi connectivity index (χ4n) is 3.91. The number of hydrogen-bond donors (Lipinski definition) is 0. The summed E-state index contributed by atoms with van der Waals surface area (Å²) < 4.78 is 56.8. The number of aryl methyl sites for hydroxylation is 1. The van der Waals surface area contributed by atoms with Crippen molar-refractivity contribution in [2.24, 2.45) is 0 Å². The fraction of sp³-hybridized carbons (Fsp3) is 0.500. The molecule has 0 aliphatic carbocycles. The van der Waals surface area contributed by atoms with Crippen LogP contribution in [-0.2, 0) is 29.4 Å². The van der Waals surface area contributed by atoms with E-state index >= 15 is 0 Å². The summed E-state index contributed by atoms with van der Waals surface area (Å²) in [7, 11) is -4.05. The highest BCUT2D eigenvalue weighted by Crippen LogP contribution is 2.36. The molecule has 2 aromatic rings. The smallest absolute Gasteiger partial charge is 0.246 e. The third-order valence-electron chi connectivity index (χ3n) is 5.03. The van der Waals surface area contributed by atoms with Crippen molar-refractivity contribution in [2.75, 3.05) is 0 Å². The molecule has 0 radical (unpaired) electrons. The second-order valence-electron chi connectivity index (χ2n) is 6.50. The lowest BCUT2D eigenvalue weighted by atomic mass is 10.1. The predicted octanol–water partition coefficient (Wildman–Crippen LogP) is 1.90. The van der Waals surface area contributed by atoms with Gasteiger partial charge in [0.25, 0.3) is 0 Å². The Morgan fingerprint density at radius 1 is 1.20 bits per heavy atom. The minimum absolute atomic E-state index is 0.276. The Hall–Kier alpha value is -1.87. The molecule has 2 aliphatic heterocycles. The fourth-order valence-corrected chi connectivity index (χ4v) is 5.82. The number of aromatic nitrogens is 3. The lowest BCUT2D eigenvalue weighted by Gasteiger charge is -2.27. The van der Waals surface area contributed by atoms with Crippen LogP contribution in [0, 0.1) is 11.6 Å². The standard InChI is InChI=1S/C16H18F2N4O2S/c1-2-15-19-20-16-8-11-4-5-12(9-21(15)16)22(11)25(23,24)14-6-3-10(17)7-13(14)18/h3,6-7,11-12H,2,4-5,8-9H2,1H3. The van der Waals surface area contributed by atoms with Gasteiger partial charge in [0.1, 0.15) is 28.2 Å². The monoisotopic (exact) mass is 368 g/mol. The maximum Gasteiger partial charge on any atom is 0.246 e. The van der Waals surface area contributed by atoms with Crippen molar-refractivity contribution in [3.05, 3.63) is 41.5 Å². The van der Waals surface area contributed by atoms with Gasteiger partial charge in [-0.25, -0.2) is 17.2 Å². The van der Waals surface area contributed by atoms with E-state index in [1.165, 1.54) is 4.31 Å². The molecule has 0 saturated carbocycles. The summed E-state index contributed by atoms with van der Waals surface area (Å²) >= 11 is 0. The summed E-state index contributed by atoms with van der Waals surface area (Å²) in [4.78, 5) is -0.473. The van der Waals surface area contributed by atoms with Gasteiger partial charge in [0.2, 0.25) is 10.0 Å². The molecule has 0 N–H and O–H groups in total. The van der Waals surface area contributed by atoms with Gasteiger partial charge in [-0.2, -0.15) is 4.31 Å². The van der Waals surface area contributed by atoms with Crippen LogP contribution < -0.4 is 0 Å². The van der Waals surface area contributed by atoms with Crippen LogP contribution in [0.15, 0.2) is 23.1 Å². The molecule has 1 fully saturated rings. The highest BCUT2D eigenvalue weighted by atomic mass is 32.2. The van der Waals surface area contributed by atoms with E-state index in [9.17, 15) is 17.2 Å². The molecule has 6 nitrogen and oxygen atoms in total. The van der Waals surface area contributed by atoms with Crippen molar-refractivity contribution in [3.63, 3.8) is 0 Å². The van der Waals surface area contributed by atoms with Crippen LogP contribution >= 0.6 is 0 Å². The molecule has 2 bridgehead atoms. The Morgan fingerprint density at radius 3 is 2.68 bits per heavy atom. The molecule has 0 spiro atoms. The molecule has 4 rings (SSSR count). The van der Waals surface area contributed by atoms with Crippen LogP contribution in [0.5, 0.6) is 0 Å². The zero-order valence-electron chi connectivity index (χ0n) is 13.7. The zero-order valence-corrected chi connectivity index (χ0v) is 14.5. The van der Waals surface area contributed by atoms with Gasteiger partial charge in [0.15, 0.2) is 0 Å². The van der Waals surface area contributed by atoms with Gasteiger partial charge in [-0.1, -0.05) is 6.92 Å². The van der Waals surface area contributed by atoms with E-state index < -0.39 is 26.6 Å². The Bertz CT molecular complexity index is 928. The maximum absolute atomic E-state index is 14.1. The second-order valence-corrected chi connectivity index (χ2v) is 8.31. The van der Waals surface area contributed by atoms with Gasteiger partial charge >= 0.3 is 0 Å². The van der Waals surface area contributed by atoms with Gasteiger partial charge in [-0.05, 0) is 25.0 Å². The summed E-state index contributed by atoms with van der Waals surface area (Å²) in [5.74, 6) is -0.261. The summed E-state index contributed by atoms with van der Waals surface area (Å²) in [5.41, 5.74) is 0. The Morgan fingerprint density at radius 2 is 1.96 bits per heavy atom. The second kappa shape index (κ2) is 5.84. The molecule has 2 aliphatic rings. The molecule has 1 saturated heterocycles. The van der Waals surface area contributed by atoms with Crippen molar-refractivity contribution < 1.29 is 17.2 Å². The molecule has 1 aromatic heterocycles. The van der Waals surface area contributed by atoms with Crippen LogP contribution in [0.4, 0.5) is 8.78 Å². The van der Waals surface area contributed by atoms with E-state index in [-0.39, 0.29) is 12.1 Å².